The van der Waals surface area contributed by atoms with Gasteiger partial charge in [-0.3, -0.25) is 19.3 Å². The molecule has 3 amide bonds. The maximum Gasteiger partial charge on any atom is 0.229 e. The minimum Gasteiger partial charge on any atom is -0.497 e. The van der Waals surface area contributed by atoms with Gasteiger partial charge in [-0.1, -0.05) is 0 Å². The number of rotatable bonds is 7. The van der Waals surface area contributed by atoms with Gasteiger partial charge >= 0.3 is 0 Å². The summed E-state index contributed by atoms with van der Waals surface area (Å²) >= 11 is 0. The molecule has 2 rings (SSSR count). The van der Waals surface area contributed by atoms with Gasteiger partial charge < -0.3 is 14.8 Å². The van der Waals surface area contributed by atoms with Crippen LogP contribution in [0.1, 0.15) is 24.8 Å². The number of hydrogen-bond acceptors (Lipinski definition) is 5. The largest absolute Gasteiger partial charge is 0.497 e. The van der Waals surface area contributed by atoms with Gasteiger partial charge in [-0.25, -0.2) is 0 Å². The first-order valence-electron chi connectivity index (χ1n) is 7.36. The Morgan fingerprint density at radius 2 is 1.87 bits per heavy atom. The highest BCUT2D eigenvalue weighted by atomic mass is 16.5. The van der Waals surface area contributed by atoms with E-state index in [1.54, 1.807) is 32.4 Å². The van der Waals surface area contributed by atoms with E-state index in [0.717, 1.165) is 10.5 Å². The molecule has 1 saturated heterocycles. The van der Waals surface area contributed by atoms with Gasteiger partial charge in [-0.05, 0) is 18.2 Å². The number of benzene rings is 1. The first-order chi connectivity index (χ1) is 11.0. The van der Waals surface area contributed by atoms with Gasteiger partial charge in [0.25, 0.3) is 0 Å². The molecule has 0 atom stereocenters. The van der Waals surface area contributed by atoms with Crippen molar-refractivity contribution in [2.75, 3.05) is 20.8 Å². The lowest BCUT2D eigenvalue weighted by Gasteiger charge is -2.14. The fourth-order valence-corrected chi connectivity index (χ4v) is 2.39. The van der Waals surface area contributed by atoms with Crippen LogP contribution >= 0.6 is 0 Å². The second-order valence-electron chi connectivity index (χ2n) is 5.14. The smallest absolute Gasteiger partial charge is 0.229 e. The van der Waals surface area contributed by atoms with E-state index < -0.39 is 0 Å². The quantitative estimate of drug-likeness (QED) is 0.753. The molecule has 0 radical (unpaired) electrons. The number of methoxy groups -OCH3 is 2. The van der Waals surface area contributed by atoms with E-state index in [2.05, 4.69) is 5.32 Å². The van der Waals surface area contributed by atoms with Crippen molar-refractivity contribution in [1.29, 1.82) is 0 Å². The van der Waals surface area contributed by atoms with Crippen molar-refractivity contribution >= 4 is 17.7 Å². The van der Waals surface area contributed by atoms with E-state index >= 15 is 0 Å². The van der Waals surface area contributed by atoms with Gasteiger partial charge in [0.2, 0.25) is 17.7 Å². The minimum atomic E-state index is -0.234. The van der Waals surface area contributed by atoms with Crippen LogP contribution in [0.2, 0.25) is 0 Å². The first kappa shape index (κ1) is 16.8. The van der Waals surface area contributed by atoms with Crippen molar-refractivity contribution in [2.24, 2.45) is 0 Å². The first-order valence-corrected chi connectivity index (χ1v) is 7.36. The molecule has 23 heavy (non-hydrogen) atoms. The van der Waals surface area contributed by atoms with Crippen LogP contribution < -0.4 is 14.8 Å². The summed E-state index contributed by atoms with van der Waals surface area (Å²) in [4.78, 5) is 36.0. The molecule has 1 aliphatic heterocycles. The number of carbonyl (C=O) groups excluding carboxylic acids is 3. The molecule has 0 aliphatic carbocycles. The van der Waals surface area contributed by atoms with Crippen molar-refractivity contribution in [3.63, 3.8) is 0 Å². The average molecular weight is 320 g/mol. The van der Waals surface area contributed by atoms with Crippen molar-refractivity contribution in [3.8, 4) is 11.5 Å². The molecule has 0 bridgehead atoms. The Kier molecular flexibility index (Phi) is 5.56. The average Bonchev–Trinajstić information content (AvgIpc) is 2.89. The Labute approximate surface area is 134 Å². The molecule has 0 unspecified atom stereocenters. The Bertz CT molecular complexity index is 598. The molecular weight excluding hydrogens is 300 g/mol. The van der Waals surface area contributed by atoms with Crippen LogP contribution in [0, 0.1) is 0 Å². The molecule has 1 fully saturated rings. The van der Waals surface area contributed by atoms with Crippen molar-refractivity contribution < 1.29 is 23.9 Å². The molecule has 1 aromatic carbocycles. The van der Waals surface area contributed by atoms with Crippen molar-refractivity contribution in [3.05, 3.63) is 23.8 Å². The van der Waals surface area contributed by atoms with E-state index in [9.17, 15) is 14.4 Å². The van der Waals surface area contributed by atoms with Crippen LogP contribution in [0.3, 0.4) is 0 Å². The fraction of sp³-hybridized carbons (Fsp3) is 0.438. The molecule has 1 aliphatic rings. The number of nitrogens with one attached hydrogen (secondary N) is 1. The summed E-state index contributed by atoms with van der Waals surface area (Å²) in [5.41, 5.74) is 0.786. The zero-order valence-electron chi connectivity index (χ0n) is 13.3. The summed E-state index contributed by atoms with van der Waals surface area (Å²) in [6, 6.07) is 5.32. The van der Waals surface area contributed by atoms with Gasteiger partial charge in [0, 0.05) is 37.9 Å². The minimum absolute atomic E-state index is 0.0871. The second kappa shape index (κ2) is 7.62. The fourth-order valence-electron chi connectivity index (χ4n) is 2.39. The Morgan fingerprint density at radius 3 is 2.48 bits per heavy atom. The normalized spacial score (nSPS) is 14.1. The highest BCUT2D eigenvalue weighted by Gasteiger charge is 2.28. The summed E-state index contributed by atoms with van der Waals surface area (Å²) in [5.74, 6) is 0.663. The van der Waals surface area contributed by atoms with Crippen LogP contribution in [0.25, 0.3) is 0 Å². The van der Waals surface area contributed by atoms with E-state index in [4.69, 9.17) is 9.47 Å². The maximum atomic E-state index is 11.9. The maximum absolute atomic E-state index is 11.9. The van der Waals surface area contributed by atoms with E-state index in [1.165, 1.54) is 0 Å². The summed E-state index contributed by atoms with van der Waals surface area (Å²) in [7, 11) is 3.12. The molecule has 1 N–H and O–H groups in total. The highest BCUT2D eigenvalue weighted by Crippen LogP contribution is 2.23. The summed E-state index contributed by atoms with van der Waals surface area (Å²) in [6.45, 7) is 0.403. The van der Waals surface area contributed by atoms with Gasteiger partial charge in [0.15, 0.2) is 0 Å². The Balaban J connectivity index is 1.87. The van der Waals surface area contributed by atoms with E-state index in [-0.39, 0.29) is 50.1 Å². The summed E-state index contributed by atoms with van der Waals surface area (Å²) in [5, 5.41) is 2.75. The molecular formula is C16H20N2O5. The van der Waals surface area contributed by atoms with E-state index in [1.807, 2.05) is 0 Å². The van der Waals surface area contributed by atoms with Gasteiger partial charge in [0.1, 0.15) is 11.5 Å². The molecule has 0 saturated carbocycles. The van der Waals surface area contributed by atoms with Crippen LogP contribution in [-0.4, -0.2) is 43.4 Å². The Morgan fingerprint density at radius 1 is 1.17 bits per heavy atom. The molecule has 1 heterocycles. The van der Waals surface area contributed by atoms with Crippen LogP contribution in [-0.2, 0) is 20.9 Å². The van der Waals surface area contributed by atoms with Gasteiger partial charge in [-0.15, -0.1) is 0 Å². The highest BCUT2D eigenvalue weighted by molar-refractivity contribution is 6.02. The predicted molar refractivity (Wildman–Crippen MR) is 82.0 cm³/mol. The second-order valence-corrected chi connectivity index (χ2v) is 5.14. The molecule has 124 valence electrons. The topological polar surface area (TPSA) is 84.9 Å². The molecule has 0 spiro atoms. The summed E-state index contributed by atoms with van der Waals surface area (Å²) in [6.07, 6.45) is 0.562. The zero-order valence-corrected chi connectivity index (χ0v) is 13.3. The SMILES string of the molecule is COc1ccc(OC)c(CNC(=O)CCN2C(=O)CCC2=O)c1. The lowest BCUT2D eigenvalue weighted by Crippen LogP contribution is -2.34. The van der Waals surface area contributed by atoms with Crippen LogP contribution in [0.15, 0.2) is 18.2 Å². The number of amides is 3. The number of hydrogen-bond donors (Lipinski definition) is 1. The van der Waals surface area contributed by atoms with Crippen LogP contribution in [0.5, 0.6) is 11.5 Å². The third-order valence-corrected chi connectivity index (χ3v) is 3.68. The number of imide groups is 1. The van der Waals surface area contributed by atoms with Gasteiger partial charge in [0.05, 0.1) is 14.2 Å². The van der Waals surface area contributed by atoms with Crippen molar-refractivity contribution in [2.45, 2.75) is 25.8 Å². The number of likely N-dealkylation sites (tertiary alicyclic amines) is 1. The monoisotopic (exact) mass is 320 g/mol. The molecule has 7 nitrogen and oxygen atoms in total. The standard InChI is InChI=1S/C16H20N2O5/c1-22-12-3-4-13(23-2)11(9-12)10-17-14(19)7-8-18-15(20)5-6-16(18)21/h3-4,9H,5-8,10H2,1-2H3,(H,17,19). The Hall–Kier alpha value is -2.57. The van der Waals surface area contributed by atoms with Crippen molar-refractivity contribution in [1.82, 2.24) is 10.2 Å². The molecule has 1 aromatic rings. The van der Waals surface area contributed by atoms with E-state index in [0.29, 0.717) is 11.5 Å². The molecule has 7 heteroatoms. The number of carbonyl (C=O) groups is 3. The third-order valence-electron chi connectivity index (χ3n) is 3.68. The van der Waals surface area contributed by atoms with Gasteiger partial charge in [-0.2, -0.15) is 0 Å². The lowest BCUT2D eigenvalue weighted by atomic mass is 10.2. The number of nitrogens with zero attached hydrogens (tertiary/aromatic N) is 1. The summed E-state index contributed by atoms with van der Waals surface area (Å²) < 4.78 is 10.4. The lowest BCUT2D eigenvalue weighted by molar-refractivity contribution is -0.138. The molecule has 0 aromatic heterocycles. The number of ether oxygens (including phenoxy) is 2. The third kappa shape index (κ3) is 4.21. The van der Waals surface area contributed by atoms with Crippen LogP contribution in [0.4, 0.5) is 0 Å². The zero-order chi connectivity index (χ0) is 16.8. The predicted octanol–water partition coefficient (Wildman–Crippen LogP) is 0.859.